The number of halogens is 1. The number of rotatable bonds is 7. The van der Waals surface area contributed by atoms with Crippen LogP contribution >= 0.6 is 15.9 Å². The van der Waals surface area contributed by atoms with Crippen molar-refractivity contribution >= 4 is 27.7 Å². The summed E-state index contributed by atoms with van der Waals surface area (Å²) in [7, 11) is 0. The number of ether oxygens (including phenoxy) is 2. The van der Waals surface area contributed by atoms with Crippen LogP contribution in [0.2, 0.25) is 0 Å². The Balaban J connectivity index is 1.91. The maximum absolute atomic E-state index is 12.3. The lowest BCUT2D eigenvalue weighted by Crippen LogP contribution is -2.41. The summed E-state index contributed by atoms with van der Waals surface area (Å²) < 4.78 is 11.9. The van der Waals surface area contributed by atoms with Crippen LogP contribution in [-0.4, -0.2) is 24.5 Å². The van der Waals surface area contributed by atoms with Gasteiger partial charge in [0.2, 0.25) is 0 Å². The second-order valence-electron chi connectivity index (χ2n) is 6.95. The minimum atomic E-state index is -0.429. The van der Waals surface area contributed by atoms with E-state index in [9.17, 15) is 9.59 Å². The van der Waals surface area contributed by atoms with Crippen molar-refractivity contribution in [3.8, 4) is 11.5 Å². The molecular weight excluding hydrogens is 424 g/mol. The Morgan fingerprint density at radius 3 is 2.04 bits per heavy atom. The number of hydrazine groups is 1. The van der Waals surface area contributed by atoms with E-state index >= 15 is 0 Å². The average molecular weight is 449 g/mol. The number of amides is 2. The SMILES string of the molecule is CC(C)COc1ccc(C(=O)NNC(=O)c2ccc(OC(C)C)c(Br)c2)cc1. The van der Waals surface area contributed by atoms with E-state index in [1.165, 1.54) is 0 Å². The fourth-order valence-corrected chi connectivity index (χ4v) is 2.69. The van der Waals surface area contributed by atoms with Gasteiger partial charge in [0.25, 0.3) is 11.8 Å². The molecule has 2 N–H and O–H groups in total. The maximum Gasteiger partial charge on any atom is 0.269 e. The van der Waals surface area contributed by atoms with Gasteiger partial charge in [0.15, 0.2) is 0 Å². The quantitative estimate of drug-likeness (QED) is 0.617. The Labute approximate surface area is 173 Å². The Bertz CT molecular complexity index is 820. The zero-order chi connectivity index (χ0) is 20.7. The molecule has 0 bridgehead atoms. The van der Waals surface area contributed by atoms with E-state index in [4.69, 9.17) is 9.47 Å². The van der Waals surface area contributed by atoms with E-state index in [-0.39, 0.29) is 6.10 Å². The van der Waals surface area contributed by atoms with Crippen LogP contribution in [0.25, 0.3) is 0 Å². The molecule has 0 spiro atoms. The minimum Gasteiger partial charge on any atom is -0.493 e. The molecule has 0 radical (unpaired) electrons. The van der Waals surface area contributed by atoms with E-state index in [0.717, 1.165) is 0 Å². The van der Waals surface area contributed by atoms with Gasteiger partial charge in [-0.05, 0) is 78.2 Å². The lowest BCUT2D eigenvalue weighted by molar-refractivity contribution is 0.0846. The first-order valence-corrected chi connectivity index (χ1v) is 9.85. The van der Waals surface area contributed by atoms with Crippen molar-refractivity contribution in [1.82, 2.24) is 10.9 Å². The second kappa shape index (κ2) is 10.1. The highest BCUT2D eigenvalue weighted by Gasteiger charge is 2.12. The van der Waals surface area contributed by atoms with Crippen LogP contribution in [-0.2, 0) is 0 Å². The molecule has 0 fully saturated rings. The van der Waals surface area contributed by atoms with Gasteiger partial charge in [0.1, 0.15) is 11.5 Å². The van der Waals surface area contributed by atoms with Gasteiger partial charge in [0.05, 0.1) is 17.2 Å². The molecule has 0 saturated carbocycles. The molecule has 2 amide bonds. The lowest BCUT2D eigenvalue weighted by Gasteiger charge is -2.13. The summed E-state index contributed by atoms with van der Waals surface area (Å²) in [6.07, 6.45) is 0.0254. The predicted molar refractivity (Wildman–Crippen MR) is 112 cm³/mol. The van der Waals surface area contributed by atoms with Gasteiger partial charge in [-0.15, -0.1) is 0 Å². The normalized spacial score (nSPS) is 10.7. The van der Waals surface area contributed by atoms with Crippen molar-refractivity contribution in [2.45, 2.75) is 33.8 Å². The van der Waals surface area contributed by atoms with Crippen LogP contribution in [0.1, 0.15) is 48.4 Å². The summed E-state index contributed by atoms with van der Waals surface area (Å²) >= 11 is 3.38. The first-order chi connectivity index (χ1) is 13.3. The van der Waals surface area contributed by atoms with Gasteiger partial charge < -0.3 is 9.47 Å². The molecule has 0 saturated heterocycles. The van der Waals surface area contributed by atoms with Gasteiger partial charge in [0, 0.05) is 11.1 Å². The van der Waals surface area contributed by atoms with Crippen molar-refractivity contribution in [3.63, 3.8) is 0 Å². The Kier molecular flexibility index (Phi) is 7.87. The highest BCUT2D eigenvalue weighted by Crippen LogP contribution is 2.26. The monoisotopic (exact) mass is 448 g/mol. The highest BCUT2D eigenvalue weighted by atomic mass is 79.9. The fourth-order valence-electron chi connectivity index (χ4n) is 2.21. The molecule has 0 unspecified atom stereocenters. The molecule has 0 heterocycles. The molecule has 2 aromatic rings. The van der Waals surface area contributed by atoms with Crippen molar-refractivity contribution in [1.29, 1.82) is 0 Å². The predicted octanol–water partition coefficient (Wildman–Crippen LogP) is 4.35. The van der Waals surface area contributed by atoms with Crippen LogP contribution in [0.3, 0.4) is 0 Å². The van der Waals surface area contributed by atoms with E-state index in [1.807, 2.05) is 13.8 Å². The third-order valence-corrected chi connectivity index (χ3v) is 4.17. The third-order valence-electron chi connectivity index (χ3n) is 3.55. The number of carbonyl (C=O) groups is 2. The lowest BCUT2D eigenvalue weighted by atomic mass is 10.2. The van der Waals surface area contributed by atoms with Gasteiger partial charge in [-0.1, -0.05) is 13.8 Å². The number of hydrogen-bond donors (Lipinski definition) is 2. The Hall–Kier alpha value is -2.54. The molecule has 0 aliphatic carbocycles. The molecule has 0 aliphatic heterocycles. The standard InChI is InChI=1S/C21H25BrN2O4/c1-13(2)12-27-17-8-5-15(6-9-17)20(25)23-24-21(26)16-7-10-19(18(22)11-16)28-14(3)4/h5-11,13-14H,12H2,1-4H3,(H,23,25)(H,24,26). The Morgan fingerprint density at radius 1 is 0.929 bits per heavy atom. The summed E-state index contributed by atoms with van der Waals surface area (Å²) in [4.78, 5) is 24.5. The van der Waals surface area contributed by atoms with E-state index in [1.54, 1.807) is 42.5 Å². The number of hydrogen-bond acceptors (Lipinski definition) is 4. The molecule has 0 atom stereocenters. The van der Waals surface area contributed by atoms with E-state index < -0.39 is 11.8 Å². The van der Waals surface area contributed by atoms with Crippen LogP contribution in [0.5, 0.6) is 11.5 Å². The molecule has 2 rings (SSSR count). The summed E-state index contributed by atoms with van der Waals surface area (Å²) in [5.74, 6) is 0.923. The van der Waals surface area contributed by atoms with E-state index in [0.29, 0.717) is 39.6 Å². The van der Waals surface area contributed by atoms with Crippen molar-refractivity contribution < 1.29 is 19.1 Å². The molecule has 0 aliphatic rings. The van der Waals surface area contributed by atoms with Crippen molar-refractivity contribution in [2.24, 2.45) is 5.92 Å². The molecule has 0 aromatic heterocycles. The third kappa shape index (κ3) is 6.56. The van der Waals surface area contributed by atoms with Crippen molar-refractivity contribution in [2.75, 3.05) is 6.61 Å². The summed E-state index contributed by atoms with van der Waals surface area (Å²) in [6.45, 7) is 8.58. The number of nitrogens with one attached hydrogen (secondary N) is 2. The van der Waals surface area contributed by atoms with E-state index in [2.05, 4.69) is 40.6 Å². The first-order valence-electron chi connectivity index (χ1n) is 9.06. The van der Waals surface area contributed by atoms with Crippen LogP contribution in [0, 0.1) is 5.92 Å². The van der Waals surface area contributed by atoms with Gasteiger partial charge in [-0.2, -0.15) is 0 Å². The van der Waals surface area contributed by atoms with Crippen LogP contribution in [0.4, 0.5) is 0 Å². The Morgan fingerprint density at radius 2 is 1.50 bits per heavy atom. The van der Waals surface area contributed by atoms with Crippen LogP contribution in [0.15, 0.2) is 46.9 Å². The molecule has 6 nitrogen and oxygen atoms in total. The molecule has 28 heavy (non-hydrogen) atoms. The molecule has 7 heteroatoms. The van der Waals surface area contributed by atoms with Crippen LogP contribution < -0.4 is 20.3 Å². The average Bonchev–Trinajstić information content (AvgIpc) is 2.65. The summed E-state index contributed by atoms with van der Waals surface area (Å²) in [5, 5.41) is 0. The van der Waals surface area contributed by atoms with Gasteiger partial charge >= 0.3 is 0 Å². The smallest absolute Gasteiger partial charge is 0.269 e. The first kappa shape index (κ1) is 21.8. The molecular formula is C21H25BrN2O4. The topological polar surface area (TPSA) is 76.7 Å². The van der Waals surface area contributed by atoms with Gasteiger partial charge in [-0.3, -0.25) is 20.4 Å². The molecule has 2 aromatic carbocycles. The second-order valence-corrected chi connectivity index (χ2v) is 7.80. The zero-order valence-corrected chi connectivity index (χ0v) is 18.0. The largest absolute Gasteiger partial charge is 0.493 e. The number of carbonyl (C=O) groups excluding carboxylic acids is 2. The molecule has 150 valence electrons. The van der Waals surface area contributed by atoms with Crippen molar-refractivity contribution in [3.05, 3.63) is 58.1 Å². The highest BCUT2D eigenvalue weighted by molar-refractivity contribution is 9.10. The summed E-state index contributed by atoms with van der Waals surface area (Å²) in [5.41, 5.74) is 5.62. The summed E-state index contributed by atoms with van der Waals surface area (Å²) in [6, 6.07) is 11.7. The number of benzene rings is 2. The minimum absolute atomic E-state index is 0.0254. The zero-order valence-electron chi connectivity index (χ0n) is 16.4. The van der Waals surface area contributed by atoms with Gasteiger partial charge in [-0.25, -0.2) is 0 Å². The fraction of sp³-hybridized carbons (Fsp3) is 0.333. The maximum atomic E-state index is 12.3.